The van der Waals surface area contributed by atoms with Crippen molar-refractivity contribution in [1.82, 2.24) is 9.97 Å². The number of benzene rings is 1. The summed E-state index contributed by atoms with van der Waals surface area (Å²) in [6.07, 6.45) is 6.70. The van der Waals surface area contributed by atoms with E-state index in [0.717, 1.165) is 43.8 Å². The van der Waals surface area contributed by atoms with Gasteiger partial charge in [-0.25, -0.2) is 4.98 Å². The van der Waals surface area contributed by atoms with Gasteiger partial charge in [0.25, 0.3) is 0 Å². The molecule has 1 aromatic carbocycles. The van der Waals surface area contributed by atoms with Crippen LogP contribution < -0.4 is 9.47 Å². The number of aromatic nitrogens is 3. The quantitative estimate of drug-likeness (QED) is 0.464. The summed E-state index contributed by atoms with van der Waals surface area (Å²) in [5.74, 6) is 0.806. The monoisotopic (exact) mass is 317 g/mol. The van der Waals surface area contributed by atoms with Crippen molar-refractivity contribution in [3.63, 3.8) is 0 Å². The van der Waals surface area contributed by atoms with Crippen molar-refractivity contribution in [2.24, 2.45) is 0 Å². The standard InChI is InChI=1S/C19H15N3O2/c1-24-18-7-3-2-6-15(18)17-11-21-19-16(17)9-14(10-20-19)13-5-4-8-22(23)12-13/h2-12H,1H3,(H,20,21). The summed E-state index contributed by atoms with van der Waals surface area (Å²) >= 11 is 0. The fraction of sp³-hybridized carbons (Fsp3) is 0.0526. The molecule has 24 heavy (non-hydrogen) atoms. The molecular weight excluding hydrogens is 302 g/mol. The Labute approximate surface area is 138 Å². The van der Waals surface area contributed by atoms with Crippen LogP contribution in [0.3, 0.4) is 0 Å². The highest BCUT2D eigenvalue weighted by Crippen LogP contribution is 2.35. The molecule has 5 nitrogen and oxygen atoms in total. The largest absolute Gasteiger partial charge is 0.619 e. The van der Waals surface area contributed by atoms with Crippen molar-refractivity contribution in [2.75, 3.05) is 7.11 Å². The average molecular weight is 317 g/mol. The first kappa shape index (κ1) is 14.3. The van der Waals surface area contributed by atoms with Gasteiger partial charge in [0.15, 0.2) is 12.4 Å². The number of rotatable bonds is 3. The molecule has 118 valence electrons. The molecule has 4 aromatic rings. The van der Waals surface area contributed by atoms with Gasteiger partial charge in [0.2, 0.25) is 0 Å². The highest BCUT2D eigenvalue weighted by Gasteiger charge is 2.13. The van der Waals surface area contributed by atoms with Gasteiger partial charge in [-0.2, -0.15) is 4.73 Å². The molecule has 0 aliphatic heterocycles. The van der Waals surface area contributed by atoms with Crippen LogP contribution >= 0.6 is 0 Å². The molecule has 0 saturated heterocycles. The van der Waals surface area contributed by atoms with E-state index in [4.69, 9.17) is 4.74 Å². The second-order valence-electron chi connectivity index (χ2n) is 5.48. The number of hydrogen-bond acceptors (Lipinski definition) is 3. The van der Waals surface area contributed by atoms with Crippen LogP contribution in [-0.2, 0) is 0 Å². The Morgan fingerprint density at radius 1 is 1.08 bits per heavy atom. The normalized spacial score (nSPS) is 10.9. The van der Waals surface area contributed by atoms with E-state index in [1.807, 2.05) is 42.6 Å². The van der Waals surface area contributed by atoms with Gasteiger partial charge in [0.1, 0.15) is 11.4 Å². The van der Waals surface area contributed by atoms with E-state index in [2.05, 4.69) is 9.97 Å². The van der Waals surface area contributed by atoms with Crippen LogP contribution in [0.4, 0.5) is 0 Å². The summed E-state index contributed by atoms with van der Waals surface area (Å²) in [7, 11) is 1.66. The molecule has 3 aromatic heterocycles. The highest BCUT2D eigenvalue weighted by atomic mass is 16.5. The van der Waals surface area contributed by atoms with Crippen molar-refractivity contribution >= 4 is 11.0 Å². The van der Waals surface area contributed by atoms with Crippen LogP contribution in [0.2, 0.25) is 0 Å². The number of methoxy groups -OCH3 is 1. The number of nitrogens with one attached hydrogen (secondary N) is 1. The molecule has 5 heteroatoms. The van der Waals surface area contributed by atoms with Crippen LogP contribution in [0.25, 0.3) is 33.3 Å². The topological polar surface area (TPSA) is 64.8 Å². The SMILES string of the molecule is COc1ccccc1-c1c[nH]c2ncc(-c3ccc[n+]([O-])c3)cc12. The van der Waals surface area contributed by atoms with E-state index in [0.29, 0.717) is 0 Å². The zero-order chi connectivity index (χ0) is 16.5. The fourth-order valence-electron chi connectivity index (χ4n) is 2.88. The maximum atomic E-state index is 11.5. The van der Waals surface area contributed by atoms with E-state index in [1.54, 1.807) is 19.4 Å². The first-order chi connectivity index (χ1) is 11.8. The molecule has 0 radical (unpaired) electrons. The van der Waals surface area contributed by atoms with Crippen LogP contribution in [0.15, 0.2) is 67.3 Å². The Bertz CT molecular complexity index is 1020. The first-order valence-corrected chi connectivity index (χ1v) is 7.56. The average Bonchev–Trinajstić information content (AvgIpc) is 3.04. The third-order valence-corrected chi connectivity index (χ3v) is 4.04. The molecule has 0 amide bonds. The summed E-state index contributed by atoms with van der Waals surface area (Å²) in [4.78, 5) is 7.68. The number of H-pyrrole nitrogens is 1. The predicted molar refractivity (Wildman–Crippen MR) is 92.5 cm³/mol. The zero-order valence-electron chi connectivity index (χ0n) is 13.1. The lowest BCUT2D eigenvalue weighted by Gasteiger charge is -2.07. The molecule has 0 unspecified atom stereocenters. The molecule has 0 aliphatic rings. The van der Waals surface area contributed by atoms with Gasteiger partial charge in [-0.15, -0.1) is 0 Å². The van der Waals surface area contributed by atoms with Crippen molar-refractivity contribution in [1.29, 1.82) is 0 Å². The van der Waals surface area contributed by atoms with Crippen LogP contribution in [0.5, 0.6) is 5.75 Å². The summed E-state index contributed by atoms with van der Waals surface area (Å²) in [5, 5.41) is 12.5. The summed E-state index contributed by atoms with van der Waals surface area (Å²) < 4.78 is 6.26. The number of aromatic amines is 1. The molecule has 0 fully saturated rings. The first-order valence-electron chi connectivity index (χ1n) is 7.56. The van der Waals surface area contributed by atoms with Crippen LogP contribution in [0, 0.1) is 5.21 Å². The van der Waals surface area contributed by atoms with Crippen molar-refractivity contribution in [3.8, 4) is 28.0 Å². The van der Waals surface area contributed by atoms with Gasteiger partial charge < -0.3 is 14.9 Å². The summed E-state index contributed by atoms with van der Waals surface area (Å²) in [6.45, 7) is 0. The van der Waals surface area contributed by atoms with Crippen molar-refractivity contribution < 1.29 is 9.47 Å². The molecule has 0 atom stereocenters. The van der Waals surface area contributed by atoms with Crippen molar-refractivity contribution in [2.45, 2.75) is 0 Å². The Morgan fingerprint density at radius 3 is 2.79 bits per heavy atom. The molecule has 3 heterocycles. The van der Waals surface area contributed by atoms with E-state index >= 15 is 0 Å². The second-order valence-corrected chi connectivity index (χ2v) is 5.48. The lowest BCUT2D eigenvalue weighted by molar-refractivity contribution is -0.604. The smallest absolute Gasteiger partial charge is 0.188 e. The van der Waals surface area contributed by atoms with Gasteiger partial charge in [0, 0.05) is 46.1 Å². The Kier molecular flexibility index (Phi) is 3.39. The maximum Gasteiger partial charge on any atom is 0.188 e. The van der Waals surface area contributed by atoms with Gasteiger partial charge in [-0.1, -0.05) is 18.2 Å². The van der Waals surface area contributed by atoms with Crippen LogP contribution in [-0.4, -0.2) is 17.1 Å². The Balaban J connectivity index is 1.91. The van der Waals surface area contributed by atoms with Crippen molar-refractivity contribution in [3.05, 3.63) is 72.5 Å². The summed E-state index contributed by atoms with van der Waals surface area (Å²) in [6, 6.07) is 13.5. The minimum Gasteiger partial charge on any atom is -0.619 e. The molecular formula is C19H15N3O2. The molecule has 1 N–H and O–H groups in total. The molecule has 4 rings (SSSR count). The second kappa shape index (κ2) is 5.70. The number of ether oxygens (including phenoxy) is 1. The van der Waals surface area contributed by atoms with Gasteiger partial charge in [-0.05, 0) is 18.2 Å². The third kappa shape index (κ3) is 2.36. The van der Waals surface area contributed by atoms with E-state index in [-0.39, 0.29) is 0 Å². The summed E-state index contributed by atoms with van der Waals surface area (Å²) in [5.41, 5.74) is 4.53. The number of para-hydroxylation sites is 1. The predicted octanol–water partition coefficient (Wildman–Crippen LogP) is 3.54. The Morgan fingerprint density at radius 2 is 1.96 bits per heavy atom. The number of pyridine rings is 2. The van der Waals surface area contributed by atoms with Gasteiger partial charge >= 0.3 is 0 Å². The maximum absolute atomic E-state index is 11.5. The number of hydrogen-bond donors (Lipinski definition) is 1. The highest BCUT2D eigenvalue weighted by molar-refractivity contribution is 5.97. The molecule has 0 aliphatic carbocycles. The van der Waals surface area contributed by atoms with Gasteiger partial charge in [0.05, 0.1) is 7.11 Å². The fourth-order valence-corrected chi connectivity index (χ4v) is 2.88. The number of fused-ring (bicyclic) bond motifs is 1. The van der Waals surface area contributed by atoms with Crippen LogP contribution in [0.1, 0.15) is 0 Å². The molecule has 0 spiro atoms. The number of nitrogens with zero attached hydrogens (tertiary/aromatic N) is 2. The minimum absolute atomic E-state index is 0.789. The molecule has 0 bridgehead atoms. The van der Waals surface area contributed by atoms with E-state index in [9.17, 15) is 5.21 Å². The van der Waals surface area contributed by atoms with Gasteiger partial charge in [-0.3, -0.25) is 0 Å². The lowest BCUT2D eigenvalue weighted by Crippen LogP contribution is -2.23. The minimum atomic E-state index is 0.789. The third-order valence-electron chi connectivity index (χ3n) is 4.04. The Hall–Kier alpha value is -3.34. The van der Waals surface area contributed by atoms with E-state index < -0.39 is 0 Å². The van der Waals surface area contributed by atoms with E-state index in [1.165, 1.54) is 12.4 Å². The lowest BCUT2D eigenvalue weighted by atomic mass is 10.0. The zero-order valence-corrected chi connectivity index (χ0v) is 13.1. The molecule has 0 saturated carbocycles.